The first-order chi connectivity index (χ1) is 9.44. The average molecular weight is 355 g/mol. The van der Waals surface area contributed by atoms with Gasteiger partial charge in [0.05, 0.1) is 5.69 Å². The summed E-state index contributed by atoms with van der Waals surface area (Å²) in [5.41, 5.74) is 2.07. The zero-order chi connectivity index (χ0) is 14.8. The number of hydrogen-bond acceptors (Lipinski definition) is 3. The molecule has 0 bridgehead atoms. The third-order valence-electron chi connectivity index (χ3n) is 2.86. The molecule has 0 unspecified atom stereocenters. The van der Waals surface area contributed by atoms with Crippen molar-refractivity contribution >= 4 is 37.3 Å². The van der Waals surface area contributed by atoms with E-state index in [1.165, 1.54) is 0 Å². The number of sulfonamides is 1. The molecule has 0 aromatic heterocycles. The molecule has 0 atom stereocenters. The van der Waals surface area contributed by atoms with Crippen molar-refractivity contribution in [2.45, 2.75) is 11.8 Å². The highest BCUT2D eigenvalue weighted by Gasteiger charge is 2.17. The highest BCUT2D eigenvalue weighted by Crippen LogP contribution is 2.25. The second-order valence-electron chi connectivity index (χ2n) is 4.32. The van der Waals surface area contributed by atoms with Crippen molar-refractivity contribution in [2.24, 2.45) is 0 Å². The first-order valence-corrected chi connectivity index (χ1v) is 8.27. The van der Waals surface area contributed by atoms with E-state index in [4.69, 9.17) is 0 Å². The Morgan fingerprint density at radius 2 is 1.80 bits per heavy atom. The van der Waals surface area contributed by atoms with E-state index in [2.05, 4.69) is 26.0 Å². The summed E-state index contributed by atoms with van der Waals surface area (Å²) in [5, 5.41) is 2.88. The third-order valence-corrected chi connectivity index (χ3v) is 5.19. The van der Waals surface area contributed by atoms with E-state index in [0.717, 1.165) is 10.0 Å². The molecule has 0 spiro atoms. The Kier molecular flexibility index (Phi) is 4.35. The topological polar surface area (TPSA) is 58.2 Å². The van der Waals surface area contributed by atoms with Gasteiger partial charge in [0, 0.05) is 17.2 Å². The number of halogens is 1. The molecule has 0 aliphatic heterocycles. The van der Waals surface area contributed by atoms with E-state index < -0.39 is 10.0 Å². The first kappa shape index (κ1) is 14.9. The van der Waals surface area contributed by atoms with Gasteiger partial charge in [0.25, 0.3) is 10.0 Å². The van der Waals surface area contributed by atoms with Crippen LogP contribution in [0.15, 0.2) is 51.8 Å². The Bertz CT molecular complexity index is 730. The molecule has 0 aliphatic rings. The number of aryl methyl sites for hydroxylation is 1. The van der Waals surface area contributed by atoms with Crippen LogP contribution in [0.25, 0.3) is 0 Å². The van der Waals surface area contributed by atoms with E-state index in [0.29, 0.717) is 11.4 Å². The lowest BCUT2D eigenvalue weighted by Gasteiger charge is -2.12. The van der Waals surface area contributed by atoms with Crippen molar-refractivity contribution in [1.29, 1.82) is 0 Å². The van der Waals surface area contributed by atoms with Gasteiger partial charge in [-0.05, 0) is 42.8 Å². The van der Waals surface area contributed by atoms with Crippen molar-refractivity contribution < 1.29 is 8.42 Å². The van der Waals surface area contributed by atoms with Crippen molar-refractivity contribution in [1.82, 2.24) is 0 Å². The number of anilines is 2. The predicted octanol–water partition coefficient (Wildman–Crippen LogP) is 3.60. The second kappa shape index (κ2) is 5.85. The molecular weight excluding hydrogens is 340 g/mol. The molecule has 0 saturated carbocycles. The van der Waals surface area contributed by atoms with Crippen LogP contribution in [0.1, 0.15) is 5.56 Å². The molecule has 2 aromatic carbocycles. The standard InChI is InChI=1S/C14H15BrN2O2S/c1-10-9-11(7-8-12(10)15)17-20(18,19)14-6-4-3-5-13(14)16-2/h3-9,16-17H,1-2H3. The lowest BCUT2D eigenvalue weighted by molar-refractivity contribution is 0.601. The molecule has 0 aliphatic carbocycles. The Labute approximate surface area is 127 Å². The molecule has 106 valence electrons. The van der Waals surface area contributed by atoms with Crippen LogP contribution in [0.5, 0.6) is 0 Å². The molecule has 4 nitrogen and oxygen atoms in total. The Balaban J connectivity index is 2.38. The number of rotatable bonds is 4. The SMILES string of the molecule is CNc1ccccc1S(=O)(=O)Nc1ccc(Br)c(C)c1. The largest absolute Gasteiger partial charge is 0.387 e. The van der Waals surface area contributed by atoms with Gasteiger partial charge in [-0.1, -0.05) is 28.1 Å². The Morgan fingerprint density at radius 1 is 1.10 bits per heavy atom. The third kappa shape index (κ3) is 3.13. The monoisotopic (exact) mass is 354 g/mol. The van der Waals surface area contributed by atoms with Gasteiger partial charge in [0.15, 0.2) is 0 Å². The quantitative estimate of drug-likeness (QED) is 0.881. The fourth-order valence-corrected chi connectivity index (χ4v) is 3.34. The number of para-hydroxylation sites is 1. The van der Waals surface area contributed by atoms with Crippen LogP contribution < -0.4 is 10.0 Å². The first-order valence-electron chi connectivity index (χ1n) is 6.00. The van der Waals surface area contributed by atoms with Crippen molar-refractivity contribution in [2.75, 3.05) is 17.1 Å². The maximum Gasteiger partial charge on any atom is 0.263 e. The summed E-state index contributed by atoms with van der Waals surface area (Å²) in [4.78, 5) is 0.225. The molecule has 0 amide bonds. The normalized spacial score (nSPS) is 11.2. The molecule has 0 saturated heterocycles. The van der Waals surface area contributed by atoms with Gasteiger partial charge < -0.3 is 5.32 Å². The van der Waals surface area contributed by atoms with E-state index in [-0.39, 0.29) is 4.90 Å². The summed E-state index contributed by atoms with van der Waals surface area (Å²) in [6.45, 7) is 1.91. The number of hydrogen-bond donors (Lipinski definition) is 2. The molecule has 0 radical (unpaired) electrons. The van der Waals surface area contributed by atoms with Crippen molar-refractivity contribution in [3.05, 3.63) is 52.5 Å². The number of benzene rings is 2. The summed E-state index contributed by atoms with van der Waals surface area (Å²) in [5.74, 6) is 0. The predicted molar refractivity (Wildman–Crippen MR) is 85.7 cm³/mol. The highest BCUT2D eigenvalue weighted by molar-refractivity contribution is 9.10. The van der Waals surface area contributed by atoms with Crippen LogP contribution in [0.4, 0.5) is 11.4 Å². The molecule has 0 fully saturated rings. The minimum Gasteiger partial charge on any atom is -0.387 e. The van der Waals surface area contributed by atoms with Gasteiger partial charge in [0.2, 0.25) is 0 Å². The van der Waals surface area contributed by atoms with Gasteiger partial charge >= 0.3 is 0 Å². The molecular formula is C14H15BrN2O2S. The maximum atomic E-state index is 12.4. The smallest absolute Gasteiger partial charge is 0.263 e. The molecule has 0 heterocycles. The fourth-order valence-electron chi connectivity index (χ4n) is 1.83. The van der Waals surface area contributed by atoms with E-state index in [1.54, 1.807) is 43.4 Å². The lowest BCUT2D eigenvalue weighted by atomic mass is 10.2. The molecule has 6 heteroatoms. The zero-order valence-corrected chi connectivity index (χ0v) is 13.5. The Morgan fingerprint density at radius 3 is 2.45 bits per heavy atom. The maximum absolute atomic E-state index is 12.4. The van der Waals surface area contributed by atoms with Crippen LogP contribution in [0.3, 0.4) is 0 Å². The van der Waals surface area contributed by atoms with Crippen molar-refractivity contribution in [3.8, 4) is 0 Å². The minimum atomic E-state index is -3.61. The summed E-state index contributed by atoms with van der Waals surface area (Å²) in [7, 11) is -1.92. The van der Waals surface area contributed by atoms with Gasteiger partial charge in [-0.15, -0.1) is 0 Å². The molecule has 2 rings (SSSR count). The van der Waals surface area contributed by atoms with E-state index in [9.17, 15) is 8.42 Å². The van der Waals surface area contributed by atoms with Crippen LogP contribution in [-0.2, 0) is 10.0 Å². The van der Waals surface area contributed by atoms with Gasteiger partial charge in [0.1, 0.15) is 4.90 Å². The molecule has 2 N–H and O–H groups in total. The summed E-state index contributed by atoms with van der Waals surface area (Å²) in [6.07, 6.45) is 0. The van der Waals surface area contributed by atoms with E-state index >= 15 is 0 Å². The average Bonchev–Trinajstić information content (AvgIpc) is 2.42. The van der Waals surface area contributed by atoms with Crippen LogP contribution >= 0.6 is 15.9 Å². The second-order valence-corrected chi connectivity index (χ2v) is 6.82. The minimum absolute atomic E-state index is 0.225. The highest BCUT2D eigenvalue weighted by atomic mass is 79.9. The number of nitrogens with one attached hydrogen (secondary N) is 2. The zero-order valence-electron chi connectivity index (χ0n) is 11.1. The summed E-state index contributed by atoms with van der Waals surface area (Å²) < 4.78 is 28.4. The van der Waals surface area contributed by atoms with Crippen LogP contribution in [0, 0.1) is 6.92 Å². The van der Waals surface area contributed by atoms with Crippen LogP contribution in [-0.4, -0.2) is 15.5 Å². The molecule has 2 aromatic rings. The summed E-state index contributed by atoms with van der Waals surface area (Å²) in [6, 6.07) is 12.1. The summed E-state index contributed by atoms with van der Waals surface area (Å²) >= 11 is 3.39. The van der Waals surface area contributed by atoms with Gasteiger partial charge in [-0.3, -0.25) is 4.72 Å². The van der Waals surface area contributed by atoms with E-state index in [1.807, 2.05) is 13.0 Å². The van der Waals surface area contributed by atoms with Gasteiger partial charge in [-0.25, -0.2) is 8.42 Å². The van der Waals surface area contributed by atoms with Crippen molar-refractivity contribution in [3.63, 3.8) is 0 Å². The fraction of sp³-hybridized carbons (Fsp3) is 0.143. The lowest BCUT2D eigenvalue weighted by Crippen LogP contribution is -2.14. The molecule has 20 heavy (non-hydrogen) atoms. The van der Waals surface area contributed by atoms with Gasteiger partial charge in [-0.2, -0.15) is 0 Å². The van der Waals surface area contributed by atoms with Crippen LogP contribution in [0.2, 0.25) is 0 Å². The Hall–Kier alpha value is -1.53.